The van der Waals surface area contributed by atoms with Crippen molar-refractivity contribution in [3.05, 3.63) is 39.9 Å². The van der Waals surface area contributed by atoms with E-state index >= 15 is 0 Å². The Hall–Kier alpha value is -1.46. The van der Waals surface area contributed by atoms with Crippen LogP contribution in [0.25, 0.3) is 0 Å². The molecule has 0 amide bonds. The molecule has 1 aromatic rings. The molecule has 2 aliphatic rings. The van der Waals surface area contributed by atoms with Gasteiger partial charge in [0.1, 0.15) is 0 Å². The van der Waals surface area contributed by atoms with Gasteiger partial charge in [0.15, 0.2) is 0 Å². The molecule has 5 heteroatoms. The second kappa shape index (κ2) is 4.66. The first-order valence-corrected chi connectivity index (χ1v) is 6.34. The molecule has 2 fully saturated rings. The van der Waals surface area contributed by atoms with Gasteiger partial charge in [-0.3, -0.25) is 10.1 Å². The predicted molar refractivity (Wildman–Crippen MR) is 66.2 cm³/mol. The second-order valence-corrected chi connectivity index (χ2v) is 5.02. The lowest BCUT2D eigenvalue weighted by Gasteiger charge is -2.20. The van der Waals surface area contributed by atoms with Crippen molar-refractivity contribution in [3.63, 3.8) is 0 Å². The van der Waals surface area contributed by atoms with Gasteiger partial charge in [-0.15, -0.1) is 0 Å². The average Bonchev–Trinajstić information content (AvgIpc) is 2.99. The van der Waals surface area contributed by atoms with E-state index < -0.39 is 0 Å². The number of non-ortho nitro benzene ring substituents is 1. The number of rotatable bonds is 4. The van der Waals surface area contributed by atoms with E-state index in [4.69, 9.17) is 4.74 Å². The summed E-state index contributed by atoms with van der Waals surface area (Å²) in [4.78, 5) is 10.2. The quantitative estimate of drug-likeness (QED) is 0.654. The molecule has 2 heterocycles. The highest BCUT2D eigenvalue weighted by Crippen LogP contribution is 2.34. The third-order valence-corrected chi connectivity index (χ3v) is 3.82. The smallest absolute Gasteiger partial charge is 0.269 e. The molecule has 2 saturated heterocycles. The van der Waals surface area contributed by atoms with Crippen molar-refractivity contribution < 1.29 is 9.66 Å². The molecule has 2 aliphatic heterocycles. The summed E-state index contributed by atoms with van der Waals surface area (Å²) in [7, 11) is 0. The van der Waals surface area contributed by atoms with Crippen LogP contribution in [0.15, 0.2) is 24.3 Å². The summed E-state index contributed by atoms with van der Waals surface area (Å²) >= 11 is 0. The van der Waals surface area contributed by atoms with Gasteiger partial charge in [0.2, 0.25) is 0 Å². The SMILES string of the molecule is O=[N+]([O-])c1ccc(CNC2CC3CCC2O3)cc1. The monoisotopic (exact) mass is 248 g/mol. The Labute approximate surface area is 105 Å². The number of nitro benzene ring substituents is 1. The average molecular weight is 248 g/mol. The third-order valence-electron chi connectivity index (χ3n) is 3.82. The Morgan fingerprint density at radius 2 is 2.11 bits per heavy atom. The molecule has 0 spiro atoms. The molecule has 3 unspecified atom stereocenters. The van der Waals surface area contributed by atoms with Crippen molar-refractivity contribution in [2.45, 2.75) is 44.1 Å². The van der Waals surface area contributed by atoms with Gasteiger partial charge < -0.3 is 10.1 Å². The van der Waals surface area contributed by atoms with E-state index in [1.807, 2.05) is 0 Å². The van der Waals surface area contributed by atoms with Crippen LogP contribution in [0, 0.1) is 10.1 Å². The number of ether oxygens (including phenoxy) is 1. The van der Waals surface area contributed by atoms with Crippen molar-refractivity contribution in [1.29, 1.82) is 0 Å². The molecule has 1 aromatic carbocycles. The van der Waals surface area contributed by atoms with Crippen LogP contribution >= 0.6 is 0 Å². The van der Waals surface area contributed by atoms with E-state index in [2.05, 4.69) is 5.32 Å². The van der Waals surface area contributed by atoms with Crippen LogP contribution in [0.5, 0.6) is 0 Å². The summed E-state index contributed by atoms with van der Waals surface area (Å²) in [5.74, 6) is 0. The minimum atomic E-state index is -0.374. The van der Waals surface area contributed by atoms with Crippen LogP contribution in [0.2, 0.25) is 0 Å². The zero-order valence-electron chi connectivity index (χ0n) is 10.0. The Kier molecular flexibility index (Phi) is 3.01. The molecule has 3 atom stereocenters. The summed E-state index contributed by atoms with van der Waals surface area (Å²) in [6, 6.07) is 7.15. The van der Waals surface area contributed by atoms with Gasteiger partial charge in [-0.2, -0.15) is 0 Å². The molecule has 5 nitrogen and oxygen atoms in total. The number of fused-ring (bicyclic) bond motifs is 2. The normalized spacial score (nSPS) is 29.7. The molecule has 3 rings (SSSR count). The van der Waals surface area contributed by atoms with Crippen LogP contribution in [-0.4, -0.2) is 23.2 Å². The van der Waals surface area contributed by atoms with E-state index in [0.717, 1.165) is 24.9 Å². The predicted octanol–water partition coefficient (Wildman–Crippen LogP) is 2.00. The van der Waals surface area contributed by atoms with Crippen LogP contribution in [0.3, 0.4) is 0 Å². The highest BCUT2D eigenvalue weighted by atomic mass is 16.6. The fourth-order valence-electron chi connectivity index (χ4n) is 2.84. The van der Waals surface area contributed by atoms with E-state index in [1.165, 1.54) is 6.42 Å². The lowest BCUT2D eigenvalue weighted by atomic mass is 9.95. The van der Waals surface area contributed by atoms with Gasteiger partial charge >= 0.3 is 0 Å². The van der Waals surface area contributed by atoms with Crippen LogP contribution in [0.4, 0.5) is 5.69 Å². The van der Waals surface area contributed by atoms with E-state index in [1.54, 1.807) is 24.3 Å². The van der Waals surface area contributed by atoms with Crippen molar-refractivity contribution in [3.8, 4) is 0 Å². The Morgan fingerprint density at radius 3 is 2.67 bits per heavy atom. The van der Waals surface area contributed by atoms with Crippen molar-refractivity contribution in [2.75, 3.05) is 0 Å². The lowest BCUT2D eigenvalue weighted by Crippen LogP contribution is -2.36. The van der Waals surface area contributed by atoms with Crippen molar-refractivity contribution in [2.24, 2.45) is 0 Å². The maximum absolute atomic E-state index is 10.5. The number of benzene rings is 1. The molecule has 0 aromatic heterocycles. The zero-order chi connectivity index (χ0) is 12.5. The number of nitrogens with one attached hydrogen (secondary N) is 1. The minimum absolute atomic E-state index is 0.141. The fraction of sp³-hybridized carbons (Fsp3) is 0.538. The molecule has 0 saturated carbocycles. The molecular formula is C13H16N2O3. The van der Waals surface area contributed by atoms with Gasteiger partial charge in [-0.05, 0) is 24.8 Å². The maximum Gasteiger partial charge on any atom is 0.269 e. The number of nitrogens with zero attached hydrogens (tertiary/aromatic N) is 1. The third kappa shape index (κ3) is 2.23. The van der Waals surface area contributed by atoms with E-state index in [0.29, 0.717) is 18.2 Å². The summed E-state index contributed by atoms with van der Waals surface area (Å²) in [6.07, 6.45) is 4.26. The largest absolute Gasteiger partial charge is 0.373 e. The minimum Gasteiger partial charge on any atom is -0.373 e. The highest BCUT2D eigenvalue weighted by molar-refractivity contribution is 5.32. The van der Waals surface area contributed by atoms with Crippen molar-refractivity contribution in [1.82, 2.24) is 5.32 Å². The van der Waals surface area contributed by atoms with Crippen LogP contribution < -0.4 is 5.32 Å². The van der Waals surface area contributed by atoms with E-state index in [9.17, 15) is 10.1 Å². The standard InChI is InChI=1S/C13H16N2O3/c16-15(17)10-3-1-9(2-4-10)8-14-12-7-11-5-6-13(12)18-11/h1-4,11-14H,5-8H2. The van der Waals surface area contributed by atoms with Gasteiger partial charge in [0, 0.05) is 24.7 Å². The van der Waals surface area contributed by atoms with Gasteiger partial charge in [-0.1, -0.05) is 12.1 Å². The molecule has 0 aliphatic carbocycles. The molecule has 1 N–H and O–H groups in total. The first kappa shape index (κ1) is 11.6. The number of nitro groups is 1. The van der Waals surface area contributed by atoms with E-state index in [-0.39, 0.29) is 10.6 Å². The lowest BCUT2D eigenvalue weighted by molar-refractivity contribution is -0.384. The summed E-state index contributed by atoms with van der Waals surface area (Å²) < 4.78 is 5.77. The van der Waals surface area contributed by atoms with Gasteiger partial charge in [0.25, 0.3) is 5.69 Å². The maximum atomic E-state index is 10.5. The van der Waals surface area contributed by atoms with Crippen LogP contribution in [0.1, 0.15) is 24.8 Å². The van der Waals surface area contributed by atoms with Crippen LogP contribution in [-0.2, 0) is 11.3 Å². The zero-order valence-corrected chi connectivity index (χ0v) is 10.0. The first-order chi connectivity index (χ1) is 8.72. The topological polar surface area (TPSA) is 64.4 Å². The van der Waals surface area contributed by atoms with Crippen molar-refractivity contribution >= 4 is 5.69 Å². The molecular weight excluding hydrogens is 232 g/mol. The summed E-state index contributed by atoms with van der Waals surface area (Å²) in [5.41, 5.74) is 1.21. The second-order valence-electron chi connectivity index (χ2n) is 5.02. The number of hydrogen-bond donors (Lipinski definition) is 1. The number of hydrogen-bond acceptors (Lipinski definition) is 4. The molecule has 2 bridgehead atoms. The highest BCUT2D eigenvalue weighted by Gasteiger charge is 2.40. The fourth-order valence-corrected chi connectivity index (χ4v) is 2.84. The molecule has 96 valence electrons. The molecule has 0 radical (unpaired) electrons. The Morgan fingerprint density at radius 1 is 1.33 bits per heavy atom. The van der Waals surface area contributed by atoms with Gasteiger partial charge in [-0.25, -0.2) is 0 Å². The Bertz CT molecular complexity index is 446. The first-order valence-electron chi connectivity index (χ1n) is 6.34. The Balaban J connectivity index is 1.55. The molecule has 18 heavy (non-hydrogen) atoms. The van der Waals surface area contributed by atoms with Gasteiger partial charge in [0.05, 0.1) is 17.1 Å². The summed E-state index contributed by atoms with van der Waals surface area (Å²) in [5, 5.41) is 14.0. The summed E-state index contributed by atoms with van der Waals surface area (Å²) in [6.45, 7) is 0.745.